The van der Waals surface area contributed by atoms with Gasteiger partial charge in [-0.25, -0.2) is 4.79 Å². The van der Waals surface area contributed by atoms with Crippen LogP contribution in [0.4, 0.5) is 13.2 Å². The maximum atomic E-state index is 12.4. The van der Waals surface area contributed by atoms with E-state index in [1.165, 1.54) is 6.07 Å². The number of aromatic nitrogens is 1. The van der Waals surface area contributed by atoms with Crippen molar-refractivity contribution in [1.29, 1.82) is 0 Å². The van der Waals surface area contributed by atoms with Crippen LogP contribution in [0, 0.1) is 0 Å². The highest BCUT2D eigenvalue weighted by molar-refractivity contribution is 5.81. The van der Waals surface area contributed by atoms with Crippen molar-refractivity contribution in [3.05, 3.63) is 46.2 Å². The number of para-hydroxylation sites is 1. The van der Waals surface area contributed by atoms with E-state index in [0.29, 0.717) is 23.1 Å². The van der Waals surface area contributed by atoms with Crippen LogP contribution in [-0.4, -0.2) is 42.4 Å². The van der Waals surface area contributed by atoms with Gasteiger partial charge in [0.25, 0.3) is 5.56 Å². The number of pyridine rings is 1. The van der Waals surface area contributed by atoms with Gasteiger partial charge in [0.1, 0.15) is 0 Å². The number of halogens is 3. The molecule has 2 aromatic rings. The number of carbonyl (C=O) groups excluding carboxylic acids is 1. The third kappa shape index (κ3) is 3.89. The van der Waals surface area contributed by atoms with E-state index in [-0.39, 0.29) is 11.1 Å². The van der Waals surface area contributed by atoms with Gasteiger partial charge in [-0.05, 0) is 32.6 Å². The zero-order chi connectivity index (χ0) is 17.2. The minimum atomic E-state index is -5.18. The summed E-state index contributed by atoms with van der Waals surface area (Å²) in [5.41, 5.74) is -0.403. The Bertz CT molecular complexity index is 782. The molecule has 0 radical (unpaired) electrons. The standard InChI is InChI=1S/C15H15F3N2O3/c1-19(2)8-7-11-9-10-5-3-4-6-12(10)20(13(11)21)23-14(22)15(16,17)18/h3-6,9H,7-8H2,1-2H3. The molecule has 0 aliphatic rings. The molecule has 23 heavy (non-hydrogen) atoms. The molecule has 1 aromatic heterocycles. The number of nitrogens with zero attached hydrogens (tertiary/aromatic N) is 2. The lowest BCUT2D eigenvalue weighted by molar-refractivity contribution is -0.199. The Hall–Kier alpha value is -2.35. The van der Waals surface area contributed by atoms with Crippen LogP contribution in [0.2, 0.25) is 0 Å². The van der Waals surface area contributed by atoms with Gasteiger partial charge in [-0.15, -0.1) is 4.73 Å². The Morgan fingerprint density at radius 1 is 1.26 bits per heavy atom. The molecule has 2 rings (SSSR count). The number of carbonyl (C=O) groups is 1. The molecule has 0 N–H and O–H groups in total. The number of likely N-dealkylation sites (N-methyl/N-ethyl adjacent to an activating group) is 1. The largest absolute Gasteiger partial charge is 0.493 e. The van der Waals surface area contributed by atoms with Gasteiger partial charge in [-0.3, -0.25) is 4.79 Å². The number of fused-ring (bicyclic) bond motifs is 1. The maximum Gasteiger partial charge on any atom is 0.493 e. The molecule has 0 fully saturated rings. The summed E-state index contributed by atoms with van der Waals surface area (Å²) in [4.78, 5) is 29.6. The molecule has 0 aliphatic heterocycles. The van der Waals surface area contributed by atoms with Crippen LogP contribution < -0.4 is 10.4 Å². The minimum absolute atomic E-state index is 0.101. The summed E-state index contributed by atoms with van der Waals surface area (Å²) in [6.45, 7) is 0.529. The van der Waals surface area contributed by atoms with Gasteiger partial charge in [0.2, 0.25) is 0 Å². The maximum absolute atomic E-state index is 12.4. The Morgan fingerprint density at radius 3 is 2.52 bits per heavy atom. The van der Waals surface area contributed by atoms with Gasteiger partial charge in [-0.2, -0.15) is 13.2 Å². The summed E-state index contributed by atoms with van der Waals surface area (Å²) in [6.07, 6.45) is -4.86. The van der Waals surface area contributed by atoms with Crippen LogP contribution in [0.15, 0.2) is 35.1 Å². The lowest BCUT2D eigenvalue weighted by Crippen LogP contribution is -2.39. The fourth-order valence-corrected chi connectivity index (χ4v) is 2.03. The van der Waals surface area contributed by atoms with Crippen molar-refractivity contribution in [2.75, 3.05) is 20.6 Å². The molecule has 0 unspecified atom stereocenters. The Kier molecular flexibility index (Phi) is 4.74. The highest BCUT2D eigenvalue weighted by Crippen LogP contribution is 2.17. The van der Waals surface area contributed by atoms with Crippen LogP contribution in [0.1, 0.15) is 5.56 Å². The van der Waals surface area contributed by atoms with E-state index in [9.17, 15) is 22.8 Å². The molecular formula is C15H15F3N2O3. The van der Waals surface area contributed by atoms with Crippen LogP contribution >= 0.6 is 0 Å². The Morgan fingerprint density at radius 2 is 1.91 bits per heavy atom. The van der Waals surface area contributed by atoms with Gasteiger partial charge in [0.15, 0.2) is 0 Å². The van der Waals surface area contributed by atoms with Crippen molar-refractivity contribution < 1.29 is 22.8 Å². The molecule has 0 saturated heterocycles. The summed E-state index contributed by atoms with van der Waals surface area (Å²) < 4.78 is 37.7. The van der Waals surface area contributed by atoms with E-state index in [2.05, 4.69) is 4.84 Å². The highest BCUT2D eigenvalue weighted by atomic mass is 19.4. The van der Waals surface area contributed by atoms with Crippen LogP contribution in [0.25, 0.3) is 10.9 Å². The third-order valence-corrected chi connectivity index (χ3v) is 3.18. The lowest BCUT2D eigenvalue weighted by atomic mass is 10.1. The Labute approximate surface area is 129 Å². The predicted octanol–water partition coefficient (Wildman–Crippen LogP) is 1.62. The highest BCUT2D eigenvalue weighted by Gasteiger charge is 2.42. The summed E-state index contributed by atoms with van der Waals surface area (Å²) in [6, 6.07) is 7.86. The zero-order valence-corrected chi connectivity index (χ0v) is 12.6. The number of rotatable bonds is 4. The lowest BCUT2D eigenvalue weighted by Gasteiger charge is -2.14. The quantitative estimate of drug-likeness (QED) is 0.856. The van der Waals surface area contributed by atoms with Crippen LogP contribution in [0.3, 0.4) is 0 Å². The molecular weight excluding hydrogens is 313 g/mol. The molecule has 0 amide bonds. The van der Waals surface area contributed by atoms with Gasteiger partial charge in [0, 0.05) is 17.5 Å². The van der Waals surface area contributed by atoms with Crippen LogP contribution in [-0.2, 0) is 11.2 Å². The molecule has 0 spiro atoms. The third-order valence-electron chi connectivity index (χ3n) is 3.18. The molecule has 1 aromatic carbocycles. The van der Waals surface area contributed by atoms with E-state index in [1.807, 2.05) is 19.0 Å². The normalized spacial score (nSPS) is 11.9. The first-order chi connectivity index (χ1) is 10.7. The molecule has 0 bridgehead atoms. The van der Waals surface area contributed by atoms with E-state index in [0.717, 1.165) is 0 Å². The fraction of sp³-hybridized carbons (Fsp3) is 0.333. The molecule has 8 heteroatoms. The van der Waals surface area contributed by atoms with Gasteiger partial charge < -0.3 is 9.74 Å². The minimum Gasteiger partial charge on any atom is -0.324 e. The number of benzene rings is 1. The monoisotopic (exact) mass is 328 g/mol. The Balaban J connectivity index is 2.54. The van der Waals surface area contributed by atoms with Crippen LogP contribution in [0.5, 0.6) is 0 Å². The molecule has 124 valence electrons. The van der Waals surface area contributed by atoms with E-state index >= 15 is 0 Å². The van der Waals surface area contributed by atoms with E-state index in [1.54, 1.807) is 24.3 Å². The second-order valence-electron chi connectivity index (χ2n) is 5.26. The van der Waals surface area contributed by atoms with Gasteiger partial charge in [0.05, 0.1) is 5.52 Å². The topological polar surface area (TPSA) is 51.5 Å². The average molecular weight is 328 g/mol. The SMILES string of the molecule is CN(C)CCc1cc2ccccc2n(OC(=O)C(F)(F)F)c1=O. The molecule has 0 atom stereocenters. The fourth-order valence-electron chi connectivity index (χ4n) is 2.03. The summed E-state index contributed by atoms with van der Waals surface area (Å²) in [7, 11) is 3.62. The van der Waals surface area contributed by atoms with E-state index in [4.69, 9.17) is 0 Å². The smallest absolute Gasteiger partial charge is 0.324 e. The van der Waals surface area contributed by atoms with E-state index < -0.39 is 17.7 Å². The summed E-state index contributed by atoms with van der Waals surface area (Å²) in [5, 5.41) is 0.510. The number of alkyl halides is 3. The van der Waals surface area contributed by atoms with Gasteiger partial charge >= 0.3 is 12.1 Å². The van der Waals surface area contributed by atoms with Crippen molar-refractivity contribution in [1.82, 2.24) is 9.63 Å². The first-order valence-electron chi connectivity index (χ1n) is 6.78. The molecule has 0 aliphatic carbocycles. The second-order valence-corrected chi connectivity index (χ2v) is 5.26. The summed E-state index contributed by atoms with van der Waals surface area (Å²) in [5.74, 6) is -2.44. The van der Waals surface area contributed by atoms with Crippen molar-refractivity contribution in [2.45, 2.75) is 12.6 Å². The summed E-state index contributed by atoms with van der Waals surface area (Å²) >= 11 is 0. The first-order valence-corrected chi connectivity index (χ1v) is 6.78. The predicted molar refractivity (Wildman–Crippen MR) is 78.1 cm³/mol. The van der Waals surface area contributed by atoms with Crippen molar-refractivity contribution in [3.63, 3.8) is 0 Å². The van der Waals surface area contributed by atoms with Crippen molar-refractivity contribution in [2.24, 2.45) is 0 Å². The zero-order valence-electron chi connectivity index (χ0n) is 12.6. The van der Waals surface area contributed by atoms with Crippen molar-refractivity contribution >= 4 is 16.9 Å². The molecule has 1 heterocycles. The first kappa shape index (κ1) is 17.0. The number of hydrogen-bond acceptors (Lipinski definition) is 4. The van der Waals surface area contributed by atoms with Crippen molar-refractivity contribution in [3.8, 4) is 0 Å². The molecule has 0 saturated carbocycles. The second kappa shape index (κ2) is 6.41. The molecule has 5 nitrogen and oxygen atoms in total. The van der Waals surface area contributed by atoms with Gasteiger partial charge in [-0.1, -0.05) is 18.2 Å². The average Bonchev–Trinajstić information content (AvgIpc) is 2.47. The number of hydrogen-bond donors (Lipinski definition) is 0.